The second-order valence-electron chi connectivity index (χ2n) is 4.56. The Kier molecular flexibility index (Phi) is 5.07. The van der Waals surface area contributed by atoms with Gasteiger partial charge in [-0.1, -0.05) is 6.07 Å². The fourth-order valence-corrected chi connectivity index (χ4v) is 3.98. The molecule has 0 radical (unpaired) electrons. The first kappa shape index (κ1) is 15.4. The summed E-state index contributed by atoms with van der Waals surface area (Å²) in [6.07, 6.45) is 0.768. The van der Waals surface area contributed by atoms with E-state index < -0.39 is 0 Å². The molecule has 0 fully saturated rings. The molecule has 0 bridgehead atoms. The lowest BCUT2D eigenvalue weighted by atomic mass is 10.00. The molecule has 2 N–H and O–H groups in total. The minimum Gasteiger partial charge on any atom is -0.493 e. The Morgan fingerprint density at radius 2 is 1.90 bits per heavy atom. The maximum absolute atomic E-state index is 6.32. The predicted octanol–water partition coefficient (Wildman–Crippen LogP) is 4.08. The molecule has 2 rings (SSSR count). The average Bonchev–Trinajstić information content (AvgIpc) is 2.77. The summed E-state index contributed by atoms with van der Waals surface area (Å²) >= 11 is 5.22. The fraction of sp³-hybridized carbons (Fsp3) is 0.333. The van der Waals surface area contributed by atoms with Crippen molar-refractivity contribution in [3.05, 3.63) is 44.1 Å². The highest BCUT2D eigenvalue weighted by atomic mass is 79.9. The highest BCUT2D eigenvalue weighted by Crippen LogP contribution is 2.33. The van der Waals surface area contributed by atoms with E-state index in [2.05, 4.69) is 28.9 Å². The van der Waals surface area contributed by atoms with Gasteiger partial charge in [-0.3, -0.25) is 0 Å². The molecule has 1 atom stereocenters. The summed E-state index contributed by atoms with van der Waals surface area (Å²) in [6.45, 7) is 2.10. The molecule has 1 aromatic carbocycles. The van der Waals surface area contributed by atoms with Gasteiger partial charge in [0.25, 0.3) is 0 Å². The van der Waals surface area contributed by atoms with E-state index >= 15 is 0 Å². The zero-order valence-corrected chi connectivity index (χ0v) is 14.2. The van der Waals surface area contributed by atoms with Crippen molar-refractivity contribution in [1.82, 2.24) is 0 Å². The van der Waals surface area contributed by atoms with Crippen molar-refractivity contribution >= 4 is 27.3 Å². The highest BCUT2D eigenvalue weighted by molar-refractivity contribution is 9.11. The van der Waals surface area contributed by atoms with E-state index in [1.165, 1.54) is 10.4 Å². The molecular formula is C15H18BrNO2S. The Morgan fingerprint density at radius 1 is 1.20 bits per heavy atom. The normalized spacial score (nSPS) is 12.2. The smallest absolute Gasteiger partial charge is 0.160 e. The van der Waals surface area contributed by atoms with Crippen LogP contribution in [0, 0.1) is 6.92 Å². The molecule has 3 nitrogen and oxygen atoms in total. The van der Waals surface area contributed by atoms with Gasteiger partial charge in [-0.05, 0) is 58.6 Å². The zero-order valence-electron chi connectivity index (χ0n) is 11.8. The number of nitrogens with two attached hydrogens (primary N) is 1. The van der Waals surface area contributed by atoms with Crippen LogP contribution in [-0.2, 0) is 6.42 Å². The lowest BCUT2D eigenvalue weighted by Crippen LogP contribution is -2.13. The molecule has 1 unspecified atom stereocenters. The number of benzene rings is 1. The maximum Gasteiger partial charge on any atom is 0.160 e. The summed E-state index contributed by atoms with van der Waals surface area (Å²) < 4.78 is 11.7. The van der Waals surface area contributed by atoms with Gasteiger partial charge in [-0.25, -0.2) is 0 Å². The fourth-order valence-electron chi connectivity index (χ4n) is 2.20. The van der Waals surface area contributed by atoms with E-state index in [1.54, 1.807) is 25.6 Å². The second kappa shape index (κ2) is 6.61. The molecule has 1 heterocycles. The second-order valence-corrected chi connectivity index (χ2v) is 7.20. The average molecular weight is 356 g/mol. The number of halogens is 1. The van der Waals surface area contributed by atoms with Gasteiger partial charge in [0.15, 0.2) is 11.5 Å². The molecule has 5 heteroatoms. The molecule has 0 aliphatic rings. The van der Waals surface area contributed by atoms with Gasteiger partial charge in [0.1, 0.15) is 0 Å². The van der Waals surface area contributed by atoms with E-state index in [4.69, 9.17) is 15.2 Å². The van der Waals surface area contributed by atoms with Crippen LogP contribution < -0.4 is 15.2 Å². The Bertz CT molecular complexity index is 598. The van der Waals surface area contributed by atoms with Gasteiger partial charge in [-0.2, -0.15) is 0 Å². The van der Waals surface area contributed by atoms with Crippen molar-refractivity contribution in [2.45, 2.75) is 19.4 Å². The number of rotatable bonds is 5. The number of ether oxygens (including phenoxy) is 2. The molecule has 0 aliphatic carbocycles. The van der Waals surface area contributed by atoms with Crippen LogP contribution in [0.1, 0.15) is 22.0 Å². The van der Waals surface area contributed by atoms with Crippen LogP contribution in [0.2, 0.25) is 0 Å². The Morgan fingerprint density at radius 3 is 2.45 bits per heavy atom. The van der Waals surface area contributed by atoms with Crippen molar-refractivity contribution < 1.29 is 9.47 Å². The number of hydrogen-bond acceptors (Lipinski definition) is 4. The number of aryl methyl sites for hydroxylation is 1. The van der Waals surface area contributed by atoms with E-state index in [0.717, 1.165) is 27.3 Å². The topological polar surface area (TPSA) is 44.5 Å². The van der Waals surface area contributed by atoms with E-state index in [9.17, 15) is 0 Å². The first-order chi connectivity index (χ1) is 9.55. The maximum atomic E-state index is 6.32. The van der Waals surface area contributed by atoms with Crippen LogP contribution in [0.5, 0.6) is 11.5 Å². The summed E-state index contributed by atoms with van der Waals surface area (Å²) in [5, 5.41) is 0. The molecule has 2 aromatic rings. The summed E-state index contributed by atoms with van der Waals surface area (Å²) in [4.78, 5) is 1.25. The number of thiophene rings is 1. The molecule has 0 aliphatic heterocycles. The molecule has 0 amide bonds. The van der Waals surface area contributed by atoms with Crippen LogP contribution in [0.15, 0.2) is 28.1 Å². The van der Waals surface area contributed by atoms with Crippen molar-refractivity contribution in [2.75, 3.05) is 14.2 Å². The van der Waals surface area contributed by atoms with Gasteiger partial charge in [0.05, 0.1) is 18.0 Å². The minimum atomic E-state index is -0.0179. The predicted molar refractivity (Wildman–Crippen MR) is 86.9 cm³/mol. The number of hydrogen-bond donors (Lipinski definition) is 1. The van der Waals surface area contributed by atoms with Crippen LogP contribution in [0.3, 0.4) is 0 Å². The van der Waals surface area contributed by atoms with E-state index in [1.807, 2.05) is 18.2 Å². The summed E-state index contributed by atoms with van der Waals surface area (Å²) in [5.74, 6) is 1.47. The molecular weight excluding hydrogens is 338 g/mol. The van der Waals surface area contributed by atoms with Crippen LogP contribution in [-0.4, -0.2) is 14.2 Å². The summed E-state index contributed by atoms with van der Waals surface area (Å²) in [6, 6.07) is 8.01. The molecule has 20 heavy (non-hydrogen) atoms. The van der Waals surface area contributed by atoms with Crippen LogP contribution in [0.25, 0.3) is 0 Å². The Hall–Kier alpha value is -1.04. The van der Waals surface area contributed by atoms with Gasteiger partial charge in [0.2, 0.25) is 0 Å². The third-order valence-corrected chi connectivity index (χ3v) is 4.80. The van der Waals surface area contributed by atoms with E-state index in [0.29, 0.717) is 0 Å². The van der Waals surface area contributed by atoms with Gasteiger partial charge in [-0.15, -0.1) is 11.3 Å². The lowest BCUT2D eigenvalue weighted by molar-refractivity contribution is 0.354. The van der Waals surface area contributed by atoms with Gasteiger partial charge in [0, 0.05) is 10.9 Å². The number of methoxy groups -OCH3 is 2. The van der Waals surface area contributed by atoms with Crippen molar-refractivity contribution in [2.24, 2.45) is 5.73 Å². The standard InChI is InChI=1S/C15H18BrNO2S/c1-9-11(8-15(16)20-9)12(17)6-10-4-5-13(18-2)14(7-10)19-3/h4-5,7-8,12H,6,17H2,1-3H3. The Balaban J connectivity index is 2.19. The van der Waals surface area contributed by atoms with E-state index in [-0.39, 0.29) is 6.04 Å². The zero-order chi connectivity index (χ0) is 14.7. The largest absolute Gasteiger partial charge is 0.493 e. The monoisotopic (exact) mass is 355 g/mol. The highest BCUT2D eigenvalue weighted by Gasteiger charge is 2.14. The van der Waals surface area contributed by atoms with Crippen LogP contribution in [0.4, 0.5) is 0 Å². The first-order valence-electron chi connectivity index (χ1n) is 6.27. The molecule has 0 saturated heterocycles. The third kappa shape index (κ3) is 3.34. The SMILES string of the molecule is COc1ccc(CC(N)c2cc(Br)sc2C)cc1OC. The molecule has 1 aromatic heterocycles. The quantitative estimate of drug-likeness (QED) is 0.878. The summed E-state index contributed by atoms with van der Waals surface area (Å²) in [7, 11) is 3.28. The van der Waals surface area contributed by atoms with Crippen molar-refractivity contribution in [1.29, 1.82) is 0 Å². The van der Waals surface area contributed by atoms with Crippen molar-refractivity contribution in [3.63, 3.8) is 0 Å². The lowest BCUT2D eigenvalue weighted by Gasteiger charge is -2.14. The summed E-state index contributed by atoms with van der Waals surface area (Å²) in [5.41, 5.74) is 8.64. The first-order valence-corrected chi connectivity index (χ1v) is 7.88. The molecule has 0 saturated carbocycles. The van der Waals surface area contributed by atoms with Gasteiger partial charge < -0.3 is 15.2 Å². The minimum absolute atomic E-state index is 0.0179. The van der Waals surface area contributed by atoms with Gasteiger partial charge >= 0.3 is 0 Å². The third-order valence-electron chi connectivity index (χ3n) is 3.23. The van der Waals surface area contributed by atoms with Crippen LogP contribution >= 0.6 is 27.3 Å². The van der Waals surface area contributed by atoms with Crippen molar-refractivity contribution in [3.8, 4) is 11.5 Å². The Labute approximate surface area is 131 Å². The molecule has 108 valence electrons. The molecule has 0 spiro atoms.